The summed E-state index contributed by atoms with van der Waals surface area (Å²) in [6.07, 6.45) is -0.122. The van der Waals surface area contributed by atoms with Gasteiger partial charge in [-0.15, -0.1) is 0 Å². The molecule has 3 rings (SSSR count). The molecule has 2 unspecified atom stereocenters. The number of aliphatic hydroxyl groups excluding tert-OH is 1. The van der Waals surface area contributed by atoms with Crippen molar-refractivity contribution in [1.82, 2.24) is 0 Å². The molecule has 0 saturated heterocycles. The second-order valence-electron chi connectivity index (χ2n) is 5.02. The zero-order valence-electron chi connectivity index (χ0n) is 11.6. The smallest absolute Gasteiger partial charge is 0.373 e. The van der Waals surface area contributed by atoms with E-state index in [1.165, 1.54) is 13.2 Å². The lowest BCUT2D eigenvalue weighted by molar-refractivity contribution is 0.0430. The molecule has 110 valence electrons. The monoisotopic (exact) mass is 288 g/mol. The van der Waals surface area contributed by atoms with Gasteiger partial charge in [-0.05, 0) is 30.2 Å². The second kappa shape index (κ2) is 5.61. The van der Waals surface area contributed by atoms with E-state index < -0.39 is 12.1 Å². The van der Waals surface area contributed by atoms with Crippen LogP contribution in [0.25, 0.3) is 0 Å². The van der Waals surface area contributed by atoms with E-state index >= 15 is 0 Å². The molecule has 0 bridgehead atoms. The lowest BCUT2D eigenvalue weighted by Gasteiger charge is -2.27. The second-order valence-corrected chi connectivity index (χ2v) is 5.02. The molecule has 0 saturated carbocycles. The molecule has 0 spiro atoms. The number of esters is 1. The van der Waals surface area contributed by atoms with Crippen molar-refractivity contribution in [3.05, 3.63) is 53.5 Å². The summed E-state index contributed by atoms with van der Waals surface area (Å²) in [7, 11) is 1.28. The van der Waals surface area contributed by atoms with Gasteiger partial charge in [-0.1, -0.05) is 18.2 Å². The average Bonchev–Trinajstić information content (AvgIpc) is 3.03. The molecule has 0 fully saturated rings. The zero-order valence-corrected chi connectivity index (χ0v) is 11.6. The fourth-order valence-corrected chi connectivity index (χ4v) is 2.51. The number of hydrogen-bond donors (Lipinski definition) is 1. The third-order valence-electron chi connectivity index (χ3n) is 3.66. The maximum atomic E-state index is 11.4. The van der Waals surface area contributed by atoms with Crippen LogP contribution in [0, 0.1) is 5.92 Å². The molecule has 2 heterocycles. The normalized spacial score (nSPS) is 18.5. The minimum atomic E-state index is -0.822. The van der Waals surface area contributed by atoms with Crippen LogP contribution in [0.4, 0.5) is 0 Å². The zero-order chi connectivity index (χ0) is 14.8. The summed E-state index contributed by atoms with van der Waals surface area (Å²) in [6, 6.07) is 10.9. The van der Waals surface area contributed by atoms with Crippen LogP contribution in [0.5, 0.6) is 5.75 Å². The SMILES string of the molecule is COC(=O)c1ccc(C(O)C2COc3ccccc3C2)o1. The molecule has 21 heavy (non-hydrogen) atoms. The number of ether oxygens (including phenoxy) is 2. The van der Waals surface area contributed by atoms with Crippen LogP contribution < -0.4 is 4.74 Å². The number of methoxy groups -OCH3 is 1. The molecular formula is C16H16O5. The van der Waals surface area contributed by atoms with E-state index in [4.69, 9.17) is 9.15 Å². The van der Waals surface area contributed by atoms with Gasteiger partial charge >= 0.3 is 5.97 Å². The van der Waals surface area contributed by atoms with Gasteiger partial charge in [0.15, 0.2) is 0 Å². The first-order chi connectivity index (χ1) is 10.2. The Hall–Kier alpha value is -2.27. The van der Waals surface area contributed by atoms with Gasteiger partial charge in [0.1, 0.15) is 17.6 Å². The highest BCUT2D eigenvalue weighted by atomic mass is 16.5. The number of furan rings is 1. The van der Waals surface area contributed by atoms with Crippen LogP contribution in [0.1, 0.15) is 28.0 Å². The standard InChI is InChI=1S/C16H16O5/c1-19-16(18)14-7-6-13(21-14)15(17)11-8-10-4-2-3-5-12(10)20-9-11/h2-7,11,15,17H,8-9H2,1H3. The van der Waals surface area contributed by atoms with Crippen molar-refractivity contribution < 1.29 is 23.8 Å². The van der Waals surface area contributed by atoms with Gasteiger partial charge in [-0.25, -0.2) is 4.79 Å². The first-order valence-corrected chi connectivity index (χ1v) is 6.76. The van der Waals surface area contributed by atoms with Crippen molar-refractivity contribution in [3.8, 4) is 5.75 Å². The number of carbonyl (C=O) groups excluding carboxylic acids is 1. The van der Waals surface area contributed by atoms with Crippen LogP contribution in [-0.4, -0.2) is 24.8 Å². The third kappa shape index (κ3) is 2.64. The van der Waals surface area contributed by atoms with E-state index in [1.54, 1.807) is 6.07 Å². The summed E-state index contributed by atoms with van der Waals surface area (Å²) in [5, 5.41) is 10.4. The number of hydrogen-bond acceptors (Lipinski definition) is 5. The predicted octanol–water partition coefficient (Wildman–Crippen LogP) is 2.35. The maximum absolute atomic E-state index is 11.4. The summed E-state index contributed by atoms with van der Waals surface area (Å²) in [6.45, 7) is 0.409. The number of aliphatic hydroxyl groups is 1. The number of carbonyl (C=O) groups is 1. The van der Waals surface area contributed by atoms with Gasteiger partial charge < -0.3 is 19.0 Å². The fourth-order valence-electron chi connectivity index (χ4n) is 2.51. The lowest BCUT2D eigenvalue weighted by atomic mass is 9.91. The average molecular weight is 288 g/mol. The van der Waals surface area contributed by atoms with Crippen LogP contribution in [-0.2, 0) is 11.2 Å². The molecule has 0 amide bonds. The van der Waals surface area contributed by atoms with Crippen molar-refractivity contribution in [1.29, 1.82) is 0 Å². The Kier molecular flexibility index (Phi) is 3.66. The Balaban J connectivity index is 1.76. The first kappa shape index (κ1) is 13.7. The summed E-state index contributed by atoms with van der Waals surface area (Å²) in [4.78, 5) is 11.4. The lowest BCUT2D eigenvalue weighted by Crippen LogP contribution is -2.26. The summed E-state index contributed by atoms with van der Waals surface area (Å²) in [5.41, 5.74) is 1.06. The molecule has 2 aromatic rings. The minimum absolute atomic E-state index is 0.0867. The van der Waals surface area contributed by atoms with Crippen LogP contribution >= 0.6 is 0 Å². The number of benzene rings is 1. The Morgan fingerprint density at radius 2 is 2.14 bits per heavy atom. The number of fused-ring (bicyclic) bond motifs is 1. The van der Waals surface area contributed by atoms with E-state index in [2.05, 4.69) is 4.74 Å². The van der Waals surface area contributed by atoms with Crippen molar-refractivity contribution in [2.45, 2.75) is 12.5 Å². The van der Waals surface area contributed by atoms with E-state index in [1.807, 2.05) is 24.3 Å². The van der Waals surface area contributed by atoms with Gasteiger partial charge in [0, 0.05) is 5.92 Å². The fraction of sp³-hybridized carbons (Fsp3) is 0.312. The van der Waals surface area contributed by atoms with Crippen LogP contribution in [0.3, 0.4) is 0 Å². The number of rotatable bonds is 3. The molecule has 1 aromatic carbocycles. The molecule has 5 nitrogen and oxygen atoms in total. The van der Waals surface area contributed by atoms with Crippen molar-refractivity contribution >= 4 is 5.97 Å². The van der Waals surface area contributed by atoms with E-state index in [0.29, 0.717) is 18.8 Å². The molecule has 1 N–H and O–H groups in total. The number of para-hydroxylation sites is 1. The molecular weight excluding hydrogens is 272 g/mol. The highest BCUT2D eigenvalue weighted by Gasteiger charge is 2.29. The molecule has 0 radical (unpaired) electrons. The largest absolute Gasteiger partial charge is 0.493 e. The van der Waals surface area contributed by atoms with Crippen LogP contribution in [0.15, 0.2) is 40.8 Å². The van der Waals surface area contributed by atoms with Gasteiger partial charge in [0.05, 0.1) is 13.7 Å². The highest BCUT2D eigenvalue weighted by molar-refractivity contribution is 5.86. The van der Waals surface area contributed by atoms with Gasteiger partial charge in [0.2, 0.25) is 5.76 Å². The Morgan fingerprint density at radius 3 is 2.95 bits per heavy atom. The summed E-state index contributed by atoms with van der Waals surface area (Å²) < 4.78 is 15.6. The van der Waals surface area contributed by atoms with Gasteiger partial charge in [-0.3, -0.25) is 0 Å². The summed E-state index contributed by atoms with van der Waals surface area (Å²) in [5.74, 6) is 0.623. The maximum Gasteiger partial charge on any atom is 0.373 e. The topological polar surface area (TPSA) is 68.9 Å². The van der Waals surface area contributed by atoms with Gasteiger partial charge in [-0.2, -0.15) is 0 Å². The molecule has 1 aliphatic rings. The minimum Gasteiger partial charge on any atom is -0.493 e. The van der Waals surface area contributed by atoms with Crippen LogP contribution in [0.2, 0.25) is 0 Å². The Labute approximate surface area is 122 Å². The van der Waals surface area contributed by atoms with E-state index in [0.717, 1.165) is 11.3 Å². The molecule has 5 heteroatoms. The van der Waals surface area contributed by atoms with Crippen molar-refractivity contribution in [2.75, 3.05) is 13.7 Å². The predicted molar refractivity (Wildman–Crippen MR) is 74.1 cm³/mol. The Morgan fingerprint density at radius 1 is 1.33 bits per heavy atom. The molecule has 0 aliphatic carbocycles. The highest BCUT2D eigenvalue weighted by Crippen LogP contribution is 2.34. The Bertz CT molecular complexity index is 646. The van der Waals surface area contributed by atoms with E-state index in [-0.39, 0.29) is 11.7 Å². The van der Waals surface area contributed by atoms with Crippen molar-refractivity contribution in [3.63, 3.8) is 0 Å². The van der Waals surface area contributed by atoms with Crippen molar-refractivity contribution in [2.24, 2.45) is 5.92 Å². The first-order valence-electron chi connectivity index (χ1n) is 6.76. The van der Waals surface area contributed by atoms with E-state index in [9.17, 15) is 9.90 Å². The molecule has 2 atom stereocenters. The third-order valence-corrected chi connectivity index (χ3v) is 3.66. The molecule has 1 aromatic heterocycles. The quantitative estimate of drug-likeness (QED) is 0.878. The van der Waals surface area contributed by atoms with Gasteiger partial charge in [0.25, 0.3) is 0 Å². The summed E-state index contributed by atoms with van der Waals surface area (Å²) >= 11 is 0. The molecule has 1 aliphatic heterocycles.